The molecule has 16 heavy (non-hydrogen) atoms. The van der Waals surface area contributed by atoms with Crippen LogP contribution in [-0.4, -0.2) is 25.0 Å². The van der Waals surface area contributed by atoms with Gasteiger partial charge in [0.25, 0.3) is 0 Å². The predicted octanol–water partition coefficient (Wildman–Crippen LogP) is 1.29. The van der Waals surface area contributed by atoms with E-state index in [1.165, 1.54) is 25.7 Å². The van der Waals surface area contributed by atoms with Crippen LogP contribution in [0.2, 0.25) is 0 Å². The van der Waals surface area contributed by atoms with Crippen molar-refractivity contribution in [2.75, 3.05) is 13.1 Å². The van der Waals surface area contributed by atoms with Gasteiger partial charge in [-0.3, -0.25) is 4.79 Å². The molecule has 3 aliphatic rings. The molecule has 90 valence electrons. The summed E-state index contributed by atoms with van der Waals surface area (Å²) in [6.07, 6.45) is 7.92. The second-order valence-electron chi connectivity index (χ2n) is 5.83. The molecular weight excluding hydrogens is 200 g/mol. The van der Waals surface area contributed by atoms with Crippen molar-refractivity contribution in [2.24, 2.45) is 17.8 Å². The Labute approximate surface area is 97.4 Å². The lowest BCUT2D eigenvalue weighted by Gasteiger charge is -2.27. The molecule has 3 rings (SSSR count). The van der Waals surface area contributed by atoms with Crippen LogP contribution in [0.4, 0.5) is 0 Å². The van der Waals surface area contributed by atoms with Gasteiger partial charge in [-0.05, 0) is 56.4 Å². The van der Waals surface area contributed by atoms with Gasteiger partial charge >= 0.3 is 0 Å². The number of amides is 1. The molecule has 4 atom stereocenters. The Bertz CT molecular complexity index is 279. The van der Waals surface area contributed by atoms with Gasteiger partial charge in [0.05, 0.1) is 6.04 Å². The number of carbonyl (C=O) groups excluding carboxylic acids is 1. The van der Waals surface area contributed by atoms with E-state index < -0.39 is 0 Å². The van der Waals surface area contributed by atoms with Crippen LogP contribution in [0.25, 0.3) is 0 Å². The van der Waals surface area contributed by atoms with Gasteiger partial charge in [-0.25, -0.2) is 0 Å². The SMILES string of the molecule is O=C1NCCCC1NCC1CC2CCC1C2. The van der Waals surface area contributed by atoms with Crippen LogP contribution in [-0.2, 0) is 4.79 Å². The smallest absolute Gasteiger partial charge is 0.237 e. The maximum atomic E-state index is 11.6. The minimum absolute atomic E-state index is 0.0906. The molecule has 3 nitrogen and oxygen atoms in total. The number of hydrogen-bond donors (Lipinski definition) is 2. The van der Waals surface area contributed by atoms with Crippen molar-refractivity contribution >= 4 is 5.91 Å². The Morgan fingerprint density at radius 3 is 2.88 bits per heavy atom. The highest BCUT2D eigenvalue weighted by Gasteiger charge is 2.39. The first kappa shape index (κ1) is 10.6. The Balaban J connectivity index is 1.47. The molecule has 2 aliphatic carbocycles. The number of hydrogen-bond acceptors (Lipinski definition) is 2. The average molecular weight is 222 g/mol. The summed E-state index contributed by atoms with van der Waals surface area (Å²) in [7, 11) is 0. The summed E-state index contributed by atoms with van der Waals surface area (Å²) >= 11 is 0. The first-order valence-electron chi connectivity index (χ1n) is 6.84. The fourth-order valence-corrected chi connectivity index (χ4v) is 3.89. The molecule has 0 aromatic rings. The largest absolute Gasteiger partial charge is 0.355 e. The lowest BCUT2D eigenvalue weighted by atomic mass is 9.88. The van der Waals surface area contributed by atoms with Crippen molar-refractivity contribution in [1.29, 1.82) is 0 Å². The molecule has 1 saturated heterocycles. The van der Waals surface area contributed by atoms with Gasteiger partial charge in [-0.2, -0.15) is 0 Å². The molecule has 2 N–H and O–H groups in total. The van der Waals surface area contributed by atoms with Crippen molar-refractivity contribution in [3.8, 4) is 0 Å². The van der Waals surface area contributed by atoms with E-state index in [4.69, 9.17) is 0 Å². The quantitative estimate of drug-likeness (QED) is 0.755. The number of rotatable bonds is 3. The molecule has 0 aromatic carbocycles. The molecule has 4 unspecified atom stereocenters. The highest BCUT2D eigenvalue weighted by molar-refractivity contribution is 5.82. The number of nitrogens with one attached hydrogen (secondary N) is 2. The van der Waals surface area contributed by atoms with E-state index in [0.717, 1.165) is 43.7 Å². The fraction of sp³-hybridized carbons (Fsp3) is 0.923. The summed E-state index contributed by atoms with van der Waals surface area (Å²) < 4.78 is 0. The maximum absolute atomic E-state index is 11.6. The van der Waals surface area contributed by atoms with Crippen molar-refractivity contribution in [3.05, 3.63) is 0 Å². The van der Waals surface area contributed by atoms with Crippen molar-refractivity contribution < 1.29 is 4.79 Å². The van der Waals surface area contributed by atoms with Gasteiger partial charge in [-0.15, -0.1) is 0 Å². The van der Waals surface area contributed by atoms with Crippen LogP contribution < -0.4 is 10.6 Å². The zero-order valence-corrected chi connectivity index (χ0v) is 9.87. The monoisotopic (exact) mass is 222 g/mol. The van der Waals surface area contributed by atoms with E-state index in [0.29, 0.717) is 0 Å². The zero-order chi connectivity index (χ0) is 11.0. The molecule has 1 amide bonds. The van der Waals surface area contributed by atoms with E-state index >= 15 is 0 Å². The standard InChI is InChI=1S/C13H22N2O/c16-13-12(2-1-5-14-13)15-8-11-7-9-3-4-10(11)6-9/h9-12,15H,1-8H2,(H,14,16). The maximum Gasteiger partial charge on any atom is 0.237 e. The Kier molecular flexibility index (Phi) is 2.88. The Hall–Kier alpha value is -0.570. The van der Waals surface area contributed by atoms with E-state index in [9.17, 15) is 4.79 Å². The molecule has 2 saturated carbocycles. The highest BCUT2D eigenvalue weighted by atomic mass is 16.2. The van der Waals surface area contributed by atoms with Crippen molar-refractivity contribution in [3.63, 3.8) is 0 Å². The molecule has 0 spiro atoms. The molecule has 1 heterocycles. The second-order valence-corrected chi connectivity index (χ2v) is 5.83. The third-order valence-corrected chi connectivity index (χ3v) is 4.80. The van der Waals surface area contributed by atoms with Crippen LogP contribution in [0.5, 0.6) is 0 Å². The summed E-state index contributed by atoms with van der Waals surface area (Å²) in [5.41, 5.74) is 0. The third-order valence-electron chi connectivity index (χ3n) is 4.80. The summed E-state index contributed by atoms with van der Waals surface area (Å²) in [6.45, 7) is 1.93. The minimum Gasteiger partial charge on any atom is -0.355 e. The molecule has 2 bridgehead atoms. The lowest BCUT2D eigenvalue weighted by Crippen LogP contribution is -2.49. The summed E-state index contributed by atoms with van der Waals surface area (Å²) in [6, 6.07) is 0.0906. The average Bonchev–Trinajstić information content (AvgIpc) is 2.90. The van der Waals surface area contributed by atoms with Gasteiger partial charge in [0.1, 0.15) is 0 Å². The van der Waals surface area contributed by atoms with E-state index in [1.807, 2.05) is 0 Å². The van der Waals surface area contributed by atoms with E-state index in [1.54, 1.807) is 0 Å². The van der Waals surface area contributed by atoms with Crippen molar-refractivity contribution in [2.45, 2.75) is 44.6 Å². The van der Waals surface area contributed by atoms with Crippen LogP contribution >= 0.6 is 0 Å². The third kappa shape index (κ3) is 1.97. The summed E-state index contributed by atoms with van der Waals surface area (Å²) in [4.78, 5) is 11.6. The number of carbonyl (C=O) groups is 1. The van der Waals surface area contributed by atoms with Gasteiger partial charge in [0, 0.05) is 6.54 Å². The predicted molar refractivity (Wildman–Crippen MR) is 63.0 cm³/mol. The van der Waals surface area contributed by atoms with E-state index in [2.05, 4.69) is 10.6 Å². The first-order chi connectivity index (χ1) is 7.83. The van der Waals surface area contributed by atoms with Gasteiger partial charge in [0.2, 0.25) is 5.91 Å². The topological polar surface area (TPSA) is 41.1 Å². The van der Waals surface area contributed by atoms with Crippen molar-refractivity contribution in [1.82, 2.24) is 10.6 Å². The molecule has 0 aromatic heterocycles. The first-order valence-corrected chi connectivity index (χ1v) is 6.84. The summed E-state index contributed by atoms with van der Waals surface area (Å²) in [5.74, 6) is 3.05. The number of fused-ring (bicyclic) bond motifs is 2. The van der Waals surface area contributed by atoms with Crippen LogP contribution in [0, 0.1) is 17.8 Å². The van der Waals surface area contributed by atoms with Gasteiger partial charge < -0.3 is 10.6 Å². The Morgan fingerprint density at radius 1 is 1.25 bits per heavy atom. The fourth-order valence-electron chi connectivity index (χ4n) is 3.89. The molecule has 1 aliphatic heterocycles. The normalized spacial score (nSPS) is 42.4. The molecule has 3 heteroatoms. The zero-order valence-electron chi connectivity index (χ0n) is 9.87. The minimum atomic E-state index is 0.0906. The van der Waals surface area contributed by atoms with Crippen LogP contribution in [0.3, 0.4) is 0 Å². The lowest BCUT2D eigenvalue weighted by molar-refractivity contribution is -0.124. The highest BCUT2D eigenvalue weighted by Crippen LogP contribution is 2.47. The van der Waals surface area contributed by atoms with Crippen LogP contribution in [0.1, 0.15) is 38.5 Å². The van der Waals surface area contributed by atoms with Crippen LogP contribution in [0.15, 0.2) is 0 Å². The molecule has 0 radical (unpaired) electrons. The summed E-state index contributed by atoms with van der Waals surface area (Å²) in [5, 5.41) is 6.43. The Morgan fingerprint density at radius 2 is 2.19 bits per heavy atom. The number of piperidine rings is 1. The molecule has 3 fully saturated rings. The molecular formula is C13H22N2O. The second kappa shape index (κ2) is 4.36. The van der Waals surface area contributed by atoms with E-state index in [-0.39, 0.29) is 11.9 Å². The van der Waals surface area contributed by atoms with Gasteiger partial charge in [-0.1, -0.05) is 6.42 Å². The van der Waals surface area contributed by atoms with Gasteiger partial charge in [0.15, 0.2) is 0 Å².